The number of aliphatic hydroxyl groups is 1. The molecule has 0 fully saturated rings. The maximum atomic E-state index is 12.3. The van der Waals surface area contributed by atoms with Gasteiger partial charge in [-0.1, -0.05) is 6.92 Å². The molecule has 0 bridgehead atoms. The molecule has 1 heterocycles. The summed E-state index contributed by atoms with van der Waals surface area (Å²) in [5, 5.41) is 8.99. The predicted octanol–water partition coefficient (Wildman–Crippen LogP) is 1.41. The van der Waals surface area contributed by atoms with Crippen molar-refractivity contribution in [2.75, 3.05) is 19.7 Å². The van der Waals surface area contributed by atoms with Crippen molar-refractivity contribution < 1.29 is 9.90 Å². The maximum absolute atomic E-state index is 12.3. The summed E-state index contributed by atoms with van der Waals surface area (Å²) in [4.78, 5) is 21.0. The molecule has 0 aliphatic heterocycles. The van der Waals surface area contributed by atoms with Crippen molar-refractivity contribution in [1.82, 2.24) is 14.9 Å². The molecule has 1 aromatic carbocycles. The number of aliphatic hydroxyl groups excluding tert-OH is 1. The molecule has 1 aromatic heterocycles. The highest BCUT2D eigenvalue weighted by atomic mass is 16.3. The number of hydrogen-bond acceptors (Lipinski definition) is 3. The standard InChI is InChI=1S/C13H17N3O2/c1-2-5-16(6-7-17)13(18)10-3-4-11-12(8-10)15-9-14-11/h3-4,8-9,17H,2,5-7H2,1H3,(H,14,15). The summed E-state index contributed by atoms with van der Waals surface area (Å²) in [6.07, 6.45) is 2.48. The molecule has 0 unspecified atom stereocenters. The number of carbonyl (C=O) groups is 1. The Morgan fingerprint density at radius 3 is 3.00 bits per heavy atom. The Morgan fingerprint density at radius 2 is 2.28 bits per heavy atom. The molecule has 0 aliphatic carbocycles. The van der Waals surface area contributed by atoms with E-state index in [0.29, 0.717) is 18.7 Å². The van der Waals surface area contributed by atoms with Crippen LogP contribution in [0.4, 0.5) is 0 Å². The molecule has 5 heteroatoms. The van der Waals surface area contributed by atoms with Gasteiger partial charge in [0.1, 0.15) is 0 Å². The van der Waals surface area contributed by atoms with E-state index in [1.165, 1.54) is 0 Å². The second kappa shape index (κ2) is 5.64. The van der Waals surface area contributed by atoms with Crippen LogP contribution in [0.5, 0.6) is 0 Å². The number of aromatic amines is 1. The van der Waals surface area contributed by atoms with Gasteiger partial charge in [0.15, 0.2) is 0 Å². The van der Waals surface area contributed by atoms with E-state index in [4.69, 9.17) is 5.11 Å². The maximum Gasteiger partial charge on any atom is 0.254 e. The van der Waals surface area contributed by atoms with Crippen LogP contribution < -0.4 is 0 Å². The first-order valence-corrected chi connectivity index (χ1v) is 6.09. The fraction of sp³-hybridized carbons (Fsp3) is 0.385. The second-order valence-corrected chi connectivity index (χ2v) is 4.15. The van der Waals surface area contributed by atoms with Crippen LogP contribution in [0, 0.1) is 0 Å². The molecule has 0 saturated carbocycles. The molecular weight excluding hydrogens is 230 g/mol. The first-order chi connectivity index (χ1) is 8.76. The summed E-state index contributed by atoms with van der Waals surface area (Å²) < 4.78 is 0. The minimum absolute atomic E-state index is 0.0158. The Morgan fingerprint density at radius 1 is 1.44 bits per heavy atom. The van der Waals surface area contributed by atoms with Gasteiger partial charge >= 0.3 is 0 Å². The van der Waals surface area contributed by atoms with Gasteiger partial charge < -0.3 is 15.0 Å². The van der Waals surface area contributed by atoms with Crippen LogP contribution in [0.1, 0.15) is 23.7 Å². The second-order valence-electron chi connectivity index (χ2n) is 4.15. The van der Waals surface area contributed by atoms with Crippen molar-refractivity contribution in [3.63, 3.8) is 0 Å². The average molecular weight is 247 g/mol. The minimum Gasteiger partial charge on any atom is -0.395 e. The number of aromatic nitrogens is 2. The van der Waals surface area contributed by atoms with Crippen LogP contribution in [-0.4, -0.2) is 45.6 Å². The Hall–Kier alpha value is -1.88. The van der Waals surface area contributed by atoms with E-state index in [0.717, 1.165) is 17.5 Å². The van der Waals surface area contributed by atoms with E-state index >= 15 is 0 Å². The van der Waals surface area contributed by atoms with Gasteiger partial charge in [-0.3, -0.25) is 4.79 Å². The van der Waals surface area contributed by atoms with E-state index in [2.05, 4.69) is 9.97 Å². The normalized spacial score (nSPS) is 10.8. The number of carbonyl (C=O) groups excluding carboxylic acids is 1. The van der Waals surface area contributed by atoms with Crippen molar-refractivity contribution in [2.24, 2.45) is 0 Å². The van der Waals surface area contributed by atoms with Crippen molar-refractivity contribution >= 4 is 16.9 Å². The summed E-state index contributed by atoms with van der Waals surface area (Å²) in [7, 11) is 0. The lowest BCUT2D eigenvalue weighted by atomic mass is 10.1. The largest absolute Gasteiger partial charge is 0.395 e. The van der Waals surface area contributed by atoms with Crippen LogP contribution in [0.25, 0.3) is 11.0 Å². The number of rotatable bonds is 5. The summed E-state index contributed by atoms with van der Waals surface area (Å²) >= 11 is 0. The number of imidazole rings is 1. The van der Waals surface area contributed by atoms with E-state index in [-0.39, 0.29) is 12.5 Å². The first kappa shape index (κ1) is 12.6. The Labute approximate surface area is 105 Å². The number of hydrogen-bond donors (Lipinski definition) is 2. The van der Waals surface area contributed by atoms with Crippen LogP contribution in [0.2, 0.25) is 0 Å². The summed E-state index contributed by atoms with van der Waals surface area (Å²) in [5.74, 6) is -0.0533. The molecule has 1 amide bonds. The van der Waals surface area contributed by atoms with Crippen LogP contribution in [0.15, 0.2) is 24.5 Å². The third kappa shape index (κ3) is 2.51. The predicted molar refractivity (Wildman–Crippen MR) is 69.4 cm³/mol. The quantitative estimate of drug-likeness (QED) is 0.839. The SMILES string of the molecule is CCCN(CCO)C(=O)c1ccc2nc[nH]c2c1. The summed E-state index contributed by atoms with van der Waals surface area (Å²) in [5.41, 5.74) is 2.31. The highest BCUT2D eigenvalue weighted by Gasteiger charge is 2.15. The zero-order valence-corrected chi connectivity index (χ0v) is 10.4. The average Bonchev–Trinajstić information content (AvgIpc) is 2.84. The number of benzene rings is 1. The highest BCUT2D eigenvalue weighted by Crippen LogP contribution is 2.13. The topological polar surface area (TPSA) is 69.2 Å². The summed E-state index contributed by atoms with van der Waals surface area (Å²) in [6.45, 7) is 3.02. The molecule has 96 valence electrons. The molecule has 0 atom stereocenters. The summed E-state index contributed by atoms with van der Waals surface area (Å²) in [6, 6.07) is 5.39. The first-order valence-electron chi connectivity index (χ1n) is 6.09. The lowest BCUT2D eigenvalue weighted by molar-refractivity contribution is 0.0722. The lowest BCUT2D eigenvalue weighted by Crippen LogP contribution is -2.34. The monoisotopic (exact) mass is 247 g/mol. The number of nitrogens with zero attached hydrogens (tertiary/aromatic N) is 2. The zero-order chi connectivity index (χ0) is 13.0. The molecule has 5 nitrogen and oxygen atoms in total. The van der Waals surface area contributed by atoms with Crippen LogP contribution >= 0.6 is 0 Å². The fourth-order valence-corrected chi connectivity index (χ4v) is 1.96. The van der Waals surface area contributed by atoms with Gasteiger partial charge in [-0.05, 0) is 24.6 Å². The highest BCUT2D eigenvalue weighted by molar-refractivity contribution is 5.97. The molecule has 2 aromatic rings. The van der Waals surface area contributed by atoms with Gasteiger partial charge in [-0.15, -0.1) is 0 Å². The van der Waals surface area contributed by atoms with Crippen molar-refractivity contribution in [3.05, 3.63) is 30.1 Å². The van der Waals surface area contributed by atoms with Crippen molar-refractivity contribution in [1.29, 1.82) is 0 Å². The van der Waals surface area contributed by atoms with Gasteiger partial charge in [0, 0.05) is 18.7 Å². The number of H-pyrrole nitrogens is 1. The van der Waals surface area contributed by atoms with E-state index in [1.807, 2.05) is 13.0 Å². The van der Waals surface area contributed by atoms with Crippen molar-refractivity contribution in [2.45, 2.75) is 13.3 Å². The molecule has 0 saturated heterocycles. The Bertz CT molecular complexity index is 530. The van der Waals surface area contributed by atoms with E-state index in [9.17, 15) is 4.79 Å². The van der Waals surface area contributed by atoms with Gasteiger partial charge in [0.05, 0.1) is 24.0 Å². The molecular formula is C13H17N3O2. The van der Waals surface area contributed by atoms with Gasteiger partial charge in [0.2, 0.25) is 0 Å². The Kier molecular flexibility index (Phi) is 3.94. The zero-order valence-electron chi connectivity index (χ0n) is 10.4. The molecule has 0 spiro atoms. The van der Waals surface area contributed by atoms with E-state index < -0.39 is 0 Å². The minimum atomic E-state index is -0.0533. The number of fused-ring (bicyclic) bond motifs is 1. The van der Waals surface area contributed by atoms with Crippen LogP contribution in [0.3, 0.4) is 0 Å². The van der Waals surface area contributed by atoms with Gasteiger partial charge in [-0.2, -0.15) is 0 Å². The van der Waals surface area contributed by atoms with Gasteiger partial charge in [-0.25, -0.2) is 4.98 Å². The van der Waals surface area contributed by atoms with Gasteiger partial charge in [0.25, 0.3) is 5.91 Å². The van der Waals surface area contributed by atoms with E-state index in [1.54, 1.807) is 23.4 Å². The molecule has 0 radical (unpaired) electrons. The third-order valence-electron chi connectivity index (χ3n) is 2.82. The Balaban J connectivity index is 2.24. The fourth-order valence-electron chi connectivity index (χ4n) is 1.96. The number of nitrogens with one attached hydrogen (secondary N) is 1. The molecule has 18 heavy (non-hydrogen) atoms. The number of amides is 1. The van der Waals surface area contributed by atoms with Crippen molar-refractivity contribution in [3.8, 4) is 0 Å². The molecule has 2 N–H and O–H groups in total. The third-order valence-corrected chi connectivity index (χ3v) is 2.82. The molecule has 0 aliphatic rings. The molecule has 2 rings (SSSR count). The smallest absolute Gasteiger partial charge is 0.254 e. The van der Waals surface area contributed by atoms with Crippen LogP contribution in [-0.2, 0) is 0 Å². The lowest BCUT2D eigenvalue weighted by Gasteiger charge is -2.21.